The first kappa shape index (κ1) is 10.3. The topological polar surface area (TPSA) is 37.8 Å². The van der Waals surface area contributed by atoms with Gasteiger partial charge >= 0.3 is 0 Å². The van der Waals surface area contributed by atoms with Crippen LogP contribution in [0, 0.1) is 5.92 Å². The van der Waals surface area contributed by atoms with Crippen LogP contribution in [-0.2, 0) is 0 Å². The fourth-order valence-corrected chi connectivity index (χ4v) is 0.911. The third kappa shape index (κ3) is 3.59. The summed E-state index contributed by atoms with van der Waals surface area (Å²) in [4.78, 5) is 8.06. The number of nitrogens with zero attached hydrogens (tertiary/aromatic N) is 2. The maximum atomic E-state index is 5.65. The van der Waals surface area contributed by atoms with Gasteiger partial charge in [0.25, 0.3) is 0 Å². The van der Waals surface area contributed by atoms with Crippen LogP contribution in [0.25, 0.3) is 0 Å². The summed E-state index contributed by atoms with van der Waals surface area (Å²) in [6, 6.07) is 0. The Morgan fingerprint density at radius 3 is 2.62 bits per heavy atom. The van der Waals surface area contributed by atoms with Gasteiger partial charge in [0.15, 0.2) is 0 Å². The Morgan fingerprint density at radius 2 is 2.08 bits per heavy atom. The molecule has 0 spiro atoms. The third-order valence-corrected chi connectivity index (χ3v) is 2.12. The maximum absolute atomic E-state index is 5.65. The number of anilines is 1. The van der Waals surface area contributed by atoms with Gasteiger partial charge in [-0.25, -0.2) is 9.97 Å². The van der Waals surface area contributed by atoms with E-state index in [0.717, 1.165) is 13.0 Å². The molecule has 0 saturated heterocycles. The van der Waals surface area contributed by atoms with Crippen LogP contribution in [-0.4, -0.2) is 16.5 Å². The molecule has 0 radical (unpaired) electrons. The van der Waals surface area contributed by atoms with Crippen LogP contribution in [0.1, 0.15) is 20.3 Å². The Kier molecular flexibility index (Phi) is 3.96. The molecule has 1 N–H and O–H groups in total. The van der Waals surface area contributed by atoms with Gasteiger partial charge in [-0.2, -0.15) is 0 Å². The zero-order valence-electron chi connectivity index (χ0n) is 7.92. The van der Waals surface area contributed by atoms with E-state index in [1.54, 1.807) is 12.4 Å². The van der Waals surface area contributed by atoms with Crippen LogP contribution < -0.4 is 5.32 Å². The molecule has 13 heavy (non-hydrogen) atoms. The minimum Gasteiger partial charge on any atom is -0.354 e. The van der Waals surface area contributed by atoms with E-state index in [9.17, 15) is 0 Å². The molecule has 72 valence electrons. The predicted molar refractivity (Wildman–Crippen MR) is 55.0 cm³/mol. The van der Waals surface area contributed by atoms with E-state index in [4.69, 9.17) is 11.6 Å². The molecular weight excluding hydrogens is 186 g/mol. The van der Waals surface area contributed by atoms with Gasteiger partial charge in [-0.3, -0.25) is 0 Å². The average Bonchev–Trinajstić information content (AvgIpc) is 2.16. The zero-order valence-corrected chi connectivity index (χ0v) is 8.67. The minimum atomic E-state index is 0.564. The van der Waals surface area contributed by atoms with E-state index in [1.165, 1.54) is 0 Å². The fourth-order valence-electron chi connectivity index (χ4n) is 0.813. The molecule has 0 saturated carbocycles. The molecular formula is C9H14ClN3. The molecule has 1 aromatic heterocycles. The molecule has 0 aliphatic heterocycles. The van der Waals surface area contributed by atoms with Crippen molar-refractivity contribution in [2.45, 2.75) is 20.3 Å². The van der Waals surface area contributed by atoms with E-state index in [1.807, 2.05) is 0 Å². The van der Waals surface area contributed by atoms with Crippen LogP contribution in [0.5, 0.6) is 0 Å². The van der Waals surface area contributed by atoms with Gasteiger partial charge in [0.2, 0.25) is 5.95 Å². The molecule has 1 atom stereocenters. The molecule has 0 aromatic carbocycles. The lowest BCUT2D eigenvalue weighted by Gasteiger charge is -2.09. The van der Waals surface area contributed by atoms with E-state index in [-0.39, 0.29) is 0 Å². The van der Waals surface area contributed by atoms with E-state index < -0.39 is 0 Å². The quantitative estimate of drug-likeness (QED) is 0.810. The van der Waals surface area contributed by atoms with Crippen LogP contribution >= 0.6 is 11.6 Å². The molecule has 0 fully saturated rings. The normalized spacial score (nSPS) is 12.5. The van der Waals surface area contributed by atoms with Crippen LogP contribution in [0.3, 0.4) is 0 Å². The largest absolute Gasteiger partial charge is 0.354 e. The van der Waals surface area contributed by atoms with Crippen molar-refractivity contribution < 1.29 is 0 Å². The summed E-state index contributed by atoms with van der Waals surface area (Å²) >= 11 is 5.65. The number of halogens is 1. The smallest absolute Gasteiger partial charge is 0.222 e. The van der Waals surface area contributed by atoms with Crippen molar-refractivity contribution in [1.29, 1.82) is 0 Å². The van der Waals surface area contributed by atoms with Crippen molar-refractivity contribution in [2.24, 2.45) is 5.92 Å². The fraction of sp³-hybridized carbons (Fsp3) is 0.556. The van der Waals surface area contributed by atoms with Crippen molar-refractivity contribution in [3.05, 3.63) is 17.4 Å². The van der Waals surface area contributed by atoms with Gasteiger partial charge in [-0.05, 0) is 5.92 Å². The first-order chi connectivity index (χ1) is 6.22. The summed E-state index contributed by atoms with van der Waals surface area (Å²) in [6.07, 6.45) is 4.33. The minimum absolute atomic E-state index is 0.564. The maximum Gasteiger partial charge on any atom is 0.222 e. The van der Waals surface area contributed by atoms with Crippen LogP contribution in [0.2, 0.25) is 5.02 Å². The highest BCUT2D eigenvalue weighted by Crippen LogP contribution is 2.06. The van der Waals surface area contributed by atoms with Gasteiger partial charge < -0.3 is 5.32 Å². The number of rotatable bonds is 4. The van der Waals surface area contributed by atoms with Gasteiger partial charge in [-0.1, -0.05) is 31.9 Å². The van der Waals surface area contributed by atoms with E-state index >= 15 is 0 Å². The summed E-state index contributed by atoms with van der Waals surface area (Å²) in [5, 5.41) is 3.71. The van der Waals surface area contributed by atoms with E-state index in [2.05, 4.69) is 29.1 Å². The number of aromatic nitrogens is 2. The monoisotopic (exact) mass is 199 g/mol. The second-order valence-corrected chi connectivity index (χ2v) is 3.56. The van der Waals surface area contributed by atoms with Crippen molar-refractivity contribution in [2.75, 3.05) is 11.9 Å². The Hall–Kier alpha value is -0.830. The van der Waals surface area contributed by atoms with Crippen molar-refractivity contribution in [3.8, 4) is 0 Å². The summed E-state index contributed by atoms with van der Waals surface area (Å²) in [7, 11) is 0. The summed E-state index contributed by atoms with van der Waals surface area (Å²) in [5.41, 5.74) is 0. The molecule has 3 nitrogen and oxygen atoms in total. The molecule has 0 aliphatic rings. The molecule has 1 heterocycles. The van der Waals surface area contributed by atoms with Crippen molar-refractivity contribution in [1.82, 2.24) is 9.97 Å². The van der Waals surface area contributed by atoms with Gasteiger partial charge in [-0.15, -0.1) is 0 Å². The second kappa shape index (κ2) is 5.02. The summed E-state index contributed by atoms with van der Waals surface area (Å²) in [5.74, 6) is 1.28. The molecule has 1 rings (SSSR count). The van der Waals surface area contributed by atoms with Crippen LogP contribution in [0.4, 0.5) is 5.95 Å². The molecule has 0 bridgehead atoms. The molecule has 1 aromatic rings. The second-order valence-electron chi connectivity index (χ2n) is 3.12. The summed E-state index contributed by atoms with van der Waals surface area (Å²) in [6.45, 7) is 5.25. The lowest BCUT2D eigenvalue weighted by Crippen LogP contribution is -2.12. The van der Waals surface area contributed by atoms with Crippen molar-refractivity contribution >= 4 is 17.5 Å². The standard InChI is InChI=1S/C9H14ClN3/c1-3-7(2)4-11-9-12-5-8(10)6-13-9/h5-7H,3-4H2,1-2H3,(H,11,12,13). The highest BCUT2D eigenvalue weighted by atomic mass is 35.5. The Morgan fingerprint density at radius 1 is 1.46 bits per heavy atom. The Labute approximate surface area is 83.5 Å². The molecule has 1 unspecified atom stereocenters. The average molecular weight is 200 g/mol. The summed E-state index contributed by atoms with van der Waals surface area (Å²) < 4.78 is 0. The lowest BCUT2D eigenvalue weighted by atomic mass is 10.1. The Bertz CT molecular complexity index is 248. The van der Waals surface area contributed by atoms with Gasteiger partial charge in [0, 0.05) is 6.54 Å². The first-order valence-corrected chi connectivity index (χ1v) is 4.81. The van der Waals surface area contributed by atoms with Crippen LogP contribution in [0.15, 0.2) is 12.4 Å². The van der Waals surface area contributed by atoms with Crippen molar-refractivity contribution in [3.63, 3.8) is 0 Å². The lowest BCUT2D eigenvalue weighted by molar-refractivity contribution is 0.591. The zero-order chi connectivity index (χ0) is 9.68. The number of nitrogens with one attached hydrogen (secondary N) is 1. The molecule has 0 aliphatic carbocycles. The van der Waals surface area contributed by atoms with Gasteiger partial charge in [0.1, 0.15) is 0 Å². The number of hydrogen-bond donors (Lipinski definition) is 1. The van der Waals surface area contributed by atoms with Gasteiger partial charge in [0.05, 0.1) is 17.4 Å². The highest BCUT2D eigenvalue weighted by molar-refractivity contribution is 6.30. The third-order valence-electron chi connectivity index (χ3n) is 1.93. The first-order valence-electron chi connectivity index (χ1n) is 4.43. The SMILES string of the molecule is CCC(C)CNc1ncc(Cl)cn1. The van der Waals surface area contributed by atoms with E-state index in [0.29, 0.717) is 16.9 Å². The highest BCUT2D eigenvalue weighted by Gasteiger charge is 1.99. The Balaban J connectivity index is 2.41. The molecule has 0 amide bonds. The molecule has 4 heteroatoms. The number of hydrogen-bond acceptors (Lipinski definition) is 3. The predicted octanol–water partition coefficient (Wildman–Crippen LogP) is 2.59.